The van der Waals surface area contributed by atoms with E-state index in [0.717, 1.165) is 4.88 Å². The summed E-state index contributed by atoms with van der Waals surface area (Å²) < 4.78 is 3.17. The number of carboxylic acids is 1. The van der Waals surface area contributed by atoms with Gasteiger partial charge in [0, 0.05) is 23.8 Å². The van der Waals surface area contributed by atoms with E-state index in [9.17, 15) is 9.59 Å². The largest absolute Gasteiger partial charge is 0.477 e. The molecule has 1 N–H and O–H groups in total. The van der Waals surface area contributed by atoms with Gasteiger partial charge in [0.15, 0.2) is 0 Å². The van der Waals surface area contributed by atoms with Crippen molar-refractivity contribution < 1.29 is 9.90 Å². The van der Waals surface area contributed by atoms with E-state index in [1.54, 1.807) is 33.7 Å². The maximum Gasteiger partial charge on any atom is 0.345 e. The molecule has 0 aromatic carbocycles. The Hall–Kier alpha value is -1.82. The lowest BCUT2D eigenvalue weighted by Crippen LogP contribution is -2.23. The van der Waals surface area contributed by atoms with Gasteiger partial charge in [-0.25, -0.2) is 9.59 Å². The van der Waals surface area contributed by atoms with Crippen LogP contribution >= 0.6 is 11.3 Å². The number of nitrogens with zero attached hydrogens (tertiary/aromatic N) is 2. The summed E-state index contributed by atoms with van der Waals surface area (Å²) >= 11 is 1.19. The Kier molecular flexibility index (Phi) is 3.14. The Bertz CT molecular complexity index is 594. The SMILES string of the molecule is CCn1ccn(Cc2ccc(C(=O)O)s2)c1=O. The number of rotatable bonds is 4. The van der Waals surface area contributed by atoms with E-state index in [2.05, 4.69) is 0 Å². The van der Waals surface area contributed by atoms with Crippen LogP contribution in [0.3, 0.4) is 0 Å². The highest BCUT2D eigenvalue weighted by molar-refractivity contribution is 7.13. The van der Waals surface area contributed by atoms with Crippen LogP contribution in [0.5, 0.6) is 0 Å². The number of hydrogen-bond acceptors (Lipinski definition) is 3. The molecule has 0 saturated heterocycles. The van der Waals surface area contributed by atoms with E-state index in [4.69, 9.17) is 5.11 Å². The highest BCUT2D eigenvalue weighted by atomic mass is 32.1. The van der Waals surface area contributed by atoms with Crippen LogP contribution in [0.15, 0.2) is 29.3 Å². The molecule has 17 heavy (non-hydrogen) atoms. The molecule has 0 amide bonds. The Morgan fingerprint density at radius 1 is 1.35 bits per heavy atom. The van der Waals surface area contributed by atoms with Crippen LogP contribution in [0.1, 0.15) is 21.5 Å². The third kappa shape index (κ3) is 2.31. The van der Waals surface area contributed by atoms with Crippen LogP contribution in [0, 0.1) is 0 Å². The Balaban J connectivity index is 2.22. The van der Waals surface area contributed by atoms with Crippen molar-refractivity contribution in [3.05, 3.63) is 44.8 Å². The van der Waals surface area contributed by atoms with E-state index in [1.165, 1.54) is 11.3 Å². The van der Waals surface area contributed by atoms with Crippen molar-refractivity contribution in [3.63, 3.8) is 0 Å². The second kappa shape index (κ2) is 4.58. The minimum absolute atomic E-state index is 0.0715. The maximum absolute atomic E-state index is 11.8. The van der Waals surface area contributed by atoms with Crippen molar-refractivity contribution in [1.82, 2.24) is 9.13 Å². The molecule has 2 aromatic rings. The summed E-state index contributed by atoms with van der Waals surface area (Å²) in [5.74, 6) is -0.931. The molecule has 0 saturated carbocycles. The van der Waals surface area contributed by atoms with Gasteiger partial charge in [0.25, 0.3) is 0 Å². The Morgan fingerprint density at radius 2 is 2.06 bits per heavy atom. The van der Waals surface area contributed by atoms with Crippen LogP contribution in [0.2, 0.25) is 0 Å². The maximum atomic E-state index is 11.8. The Morgan fingerprint density at radius 3 is 2.59 bits per heavy atom. The van der Waals surface area contributed by atoms with E-state index < -0.39 is 5.97 Å². The average molecular weight is 252 g/mol. The molecule has 2 rings (SSSR count). The first kappa shape index (κ1) is 11.7. The van der Waals surface area contributed by atoms with E-state index in [1.807, 2.05) is 6.92 Å². The van der Waals surface area contributed by atoms with Gasteiger partial charge >= 0.3 is 11.7 Å². The first-order chi connectivity index (χ1) is 8.11. The zero-order valence-electron chi connectivity index (χ0n) is 9.29. The summed E-state index contributed by atoms with van der Waals surface area (Å²) in [4.78, 5) is 23.6. The van der Waals surface area contributed by atoms with Crippen LogP contribution in [0.4, 0.5) is 0 Å². The van der Waals surface area contributed by atoms with Gasteiger partial charge in [-0.1, -0.05) is 0 Å². The second-order valence-electron chi connectivity index (χ2n) is 3.57. The molecule has 90 valence electrons. The van der Waals surface area contributed by atoms with Gasteiger partial charge in [0.1, 0.15) is 4.88 Å². The highest BCUT2D eigenvalue weighted by Crippen LogP contribution is 2.16. The lowest BCUT2D eigenvalue weighted by molar-refractivity contribution is 0.0702. The second-order valence-corrected chi connectivity index (χ2v) is 4.73. The fourth-order valence-corrected chi connectivity index (χ4v) is 2.41. The number of aromatic carboxylic acids is 1. The van der Waals surface area contributed by atoms with Crippen molar-refractivity contribution in [1.29, 1.82) is 0 Å². The van der Waals surface area contributed by atoms with Gasteiger partial charge in [0.2, 0.25) is 0 Å². The molecule has 0 fully saturated rings. The van der Waals surface area contributed by atoms with Gasteiger partial charge in [-0.2, -0.15) is 0 Å². The average Bonchev–Trinajstić information content (AvgIpc) is 2.88. The number of aryl methyl sites for hydroxylation is 1. The number of aromatic nitrogens is 2. The zero-order valence-corrected chi connectivity index (χ0v) is 10.1. The molecule has 0 unspecified atom stereocenters. The normalized spacial score (nSPS) is 10.6. The number of thiophene rings is 1. The highest BCUT2D eigenvalue weighted by Gasteiger charge is 2.08. The monoisotopic (exact) mass is 252 g/mol. The summed E-state index contributed by atoms with van der Waals surface area (Å²) in [6.45, 7) is 2.96. The van der Waals surface area contributed by atoms with Crippen molar-refractivity contribution in [2.45, 2.75) is 20.0 Å². The van der Waals surface area contributed by atoms with Crippen LogP contribution in [-0.4, -0.2) is 20.2 Å². The molecule has 5 nitrogen and oxygen atoms in total. The summed E-state index contributed by atoms with van der Waals surface area (Å²) in [6.07, 6.45) is 3.44. The molecule has 2 heterocycles. The van der Waals surface area contributed by atoms with E-state index >= 15 is 0 Å². The fourth-order valence-electron chi connectivity index (χ4n) is 1.56. The van der Waals surface area contributed by atoms with Gasteiger partial charge in [0.05, 0.1) is 6.54 Å². The number of carboxylic acid groups (broad SMARTS) is 1. The van der Waals surface area contributed by atoms with Gasteiger partial charge in [-0.05, 0) is 19.1 Å². The predicted octanol–water partition coefficient (Wildman–Crippen LogP) is 1.48. The number of hydrogen-bond donors (Lipinski definition) is 1. The van der Waals surface area contributed by atoms with Crippen molar-refractivity contribution >= 4 is 17.3 Å². The molecule has 0 atom stereocenters. The van der Waals surface area contributed by atoms with E-state index in [-0.39, 0.29) is 5.69 Å². The standard InChI is InChI=1S/C11H12N2O3S/c1-2-12-5-6-13(11(12)16)7-8-3-4-9(17-8)10(14)15/h3-6H,2,7H2,1H3,(H,14,15). The smallest absolute Gasteiger partial charge is 0.345 e. The van der Waals surface area contributed by atoms with Crippen LogP contribution in [-0.2, 0) is 13.1 Å². The topological polar surface area (TPSA) is 64.2 Å². The van der Waals surface area contributed by atoms with Crippen molar-refractivity contribution in [3.8, 4) is 0 Å². The summed E-state index contributed by atoms with van der Waals surface area (Å²) in [5, 5.41) is 8.80. The summed E-state index contributed by atoms with van der Waals surface area (Å²) in [7, 11) is 0. The predicted molar refractivity (Wildman–Crippen MR) is 64.7 cm³/mol. The number of imidazole rings is 1. The molecular weight excluding hydrogens is 240 g/mol. The van der Waals surface area contributed by atoms with Crippen molar-refractivity contribution in [2.24, 2.45) is 0 Å². The fraction of sp³-hybridized carbons (Fsp3) is 0.273. The molecule has 0 aliphatic carbocycles. The third-order valence-corrected chi connectivity index (χ3v) is 3.52. The van der Waals surface area contributed by atoms with E-state index in [0.29, 0.717) is 18.0 Å². The third-order valence-electron chi connectivity index (χ3n) is 2.46. The summed E-state index contributed by atoms with van der Waals surface area (Å²) in [5.41, 5.74) is -0.0715. The molecule has 0 aliphatic heterocycles. The molecule has 0 spiro atoms. The van der Waals surface area contributed by atoms with Crippen molar-refractivity contribution in [2.75, 3.05) is 0 Å². The molecule has 6 heteroatoms. The van der Waals surface area contributed by atoms with Gasteiger partial charge in [-0.15, -0.1) is 11.3 Å². The molecule has 0 bridgehead atoms. The molecular formula is C11H12N2O3S. The molecule has 0 aliphatic rings. The number of carbonyl (C=O) groups is 1. The molecule has 0 radical (unpaired) electrons. The van der Waals surface area contributed by atoms with Crippen LogP contribution < -0.4 is 5.69 Å². The summed E-state index contributed by atoms with van der Waals surface area (Å²) in [6, 6.07) is 3.30. The van der Waals surface area contributed by atoms with Gasteiger partial charge in [-0.3, -0.25) is 9.13 Å². The first-order valence-electron chi connectivity index (χ1n) is 5.19. The lowest BCUT2D eigenvalue weighted by atomic mass is 10.4. The minimum Gasteiger partial charge on any atom is -0.477 e. The minimum atomic E-state index is -0.931. The Labute approximate surface area is 102 Å². The lowest BCUT2D eigenvalue weighted by Gasteiger charge is -1.98. The van der Waals surface area contributed by atoms with Crippen LogP contribution in [0.25, 0.3) is 0 Å². The van der Waals surface area contributed by atoms with Gasteiger partial charge < -0.3 is 5.11 Å². The molecule has 2 aromatic heterocycles. The zero-order chi connectivity index (χ0) is 12.4. The quantitative estimate of drug-likeness (QED) is 0.896. The first-order valence-corrected chi connectivity index (χ1v) is 6.01.